The summed E-state index contributed by atoms with van der Waals surface area (Å²) in [5.74, 6) is -0.229. The minimum Gasteiger partial charge on any atom is -0.342 e. The maximum Gasteiger partial charge on any atom is 0.337 e. The zero-order chi connectivity index (χ0) is 17.6. The summed E-state index contributed by atoms with van der Waals surface area (Å²) < 4.78 is 21.7. The molecule has 24 heavy (non-hydrogen) atoms. The first-order valence-corrected chi connectivity index (χ1v) is 9.75. The standard InChI is InChI=1S/C17H24NO5P/c1-22-24(21,23-2)13-16(19)15-8-10-18(11-9-15)17(20)12-14-6-4-3-5-7-14/h3-7,15H,8-13H2,1-2H3. The van der Waals surface area contributed by atoms with E-state index in [-0.39, 0.29) is 23.8 Å². The summed E-state index contributed by atoms with van der Waals surface area (Å²) in [5, 5.41) is 0. The fourth-order valence-corrected chi connectivity index (χ4v) is 3.90. The number of benzene rings is 1. The van der Waals surface area contributed by atoms with Gasteiger partial charge in [-0.3, -0.25) is 14.2 Å². The number of Topliss-reactive ketones (excluding diaryl/α,β-unsaturated/α-hetero) is 1. The summed E-state index contributed by atoms with van der Waals surface area (Å²) in [6.45, 7) is 1.10. The lowest BCUT2D eigenvalue weighted by atomic mass is 9.93. The number of rotatable bonds is 7. The molecule has 1 aliphatic rings. The normalized spacial score (nSPS) is 16.2. The fraction of sp³-hybridized carbons (Fsp3) is 0.529. The molecule has 0 aliphatic carbocycles. The van der Waals surface area contributed by atoms with E-state index in [1.807, 2.05) is 30.3 Å². The van der Waals surface area contributed by atoms with Crippen LogP contribution in [0.4, 0.5) is 0 Å². The van der Waals surface area contributed by atoms with Crippen LogP contribution in [0, 0.1) is 5.92 Å². The van der Waals surface area contributed by atoms with Crippen molar-refractivity contribution in [1.82, 2.24) is 4.90 Å². The van der Waals surface area contributed by atoms with E-state index in [0.717, 1.165) is 5.56 Å². The van der Waals surface area contributed by atoms with Crippen LogP contribution in [-0.2, 0) is 29.6 Å². The molecule has 0 N–H and O–H groups in total. The molecule has 0 saturated carbocycles. The summed E-state index contributed by atoms with van der Waals surface area (Å²) in [5.41, 5.74) is 0.988. The van der Waals surface area contributed by atoms with E-state index < -0.39 is 7.60 Å². The number of hydrogen-bond acceptors (Lipinski definition) is 5. The van der Waals surface area contributed by atoms with Crippen molar-refractivity contribution in [3.05, 3.63) is 35.9 Å². The van der Waals surface area contributed by atoms with Gasteiger partial charge in [0.15, 0.2) is 0 Å². The van der Waals surface area contributed by atoms with E-state index >= 15 is 0 Å². The van der Waals surface area contributed by atoms with Gasteiger partial charge in [-0.05, 0) is 18.4 Å². The first-order chi connectivity index (χ1) is 11.5. The molecule has 1 aromatic rings. The number of carbonyl (C=O) groups excluding carboxylic acids is 2. The van der Waals surface area contributed by atoms with Gasteiger partial charge in [0.1, 0.15) is 11.9 Å². The topological polar surface area (TPSA) is 72.9 Å². The average molecular weight is 353 g/mol. The van der Waals surface area contributed by atoms with E-state index in [2.05, 4.69) is 0 Å². The number of piperidine rings is 1. The maximum absolute atomic E-state index is 12.3. The predicted octanol–water partition coefficient (Wildman–Crippen LogP) is 2.52. The van der Waals surface area contributed by atoms with Crippen LogP contribution < -0.4 is 0 Å². The molecule has 1 saturated heterocycles. The number of hydrogen-bond donors (Lipinski definition) is 0. The Morgan fingerprint density at radius 2 is 1.71 bits per heavy atom. The molecule has 6 nitrogen and oxygen atoms in total. The van der Waals surface area contributed by atoms with E-state index in [1.54, 1.807) is 4.90 Å². The summed E-state index contributed by atoms with van der Waals surface area (Å²) >= 11 is 0. The second-order valence-corrected chi connectivity index (χ2v) is 8.19. The van der Waals surface area contributed by atoms with Crippen molar-refractivity contribution in [2.45, 2.75) is 19.3 Å². The highest BCUT2D eigenvalue weighted by atomic mass is 31.2. The quantitative estimate of drug-likeness (QED) is 0.704. The van der Waals surface area contributed by atoms with E-state index in [1.165, 1.54) is 14.2 Å². The van der Waals surface area contributed by atoms with Crippen molar-refractivity contribution in [2.75, 3.05) is 33.5 Å². The van der Waals surface area contributed by atoms with Crippen LogP contribution in [0.2, 0.25) is 0 Å². The summed E-state index contributed by atoms with van der Waals surface area (Å²) in [4.78, 5) is 26.4. The first-order valence-electron chi connectivity index (χ1n) is 8.02. The molecule has 132 valence electrons. The van der Waals surface area contributed by atoms with Gasteiger partial charge in [-0.2, -0.15) is 0 Å². The molecule has 0 aromatic heterocycles. The van der Waals surface area contributed by atoms with Gasteiger partial charge in [0.05, 0.1) is 6.42 Å². The van der Waals surface area contributed by atoms with Crippen LogP contribution in [0.25, 0.3) is 0 Å². The highest BCUT2D eigenvalue weighted by molar-refractivity contribution is 7.54. The Bertz CT molecular complexity index is 603. The van der Waals surface area contributed by atoms with Gasteiger partial charge in [-0.1, -0.05) is 30.3 Å². The molecule has 0 spiro atoms. The minimum atomic E-state index is -3.31. The lowest BCUT2D eigenvalue weighted by molar-refractivity contribution is -0.134. The van der Waals surface area contributed by atoms with Gasteiger partial charge in [-0.25, -0.2) is 0 Å². The van der Waals surface area contributed by atoms with Crippen molar-refractivity contribution in [3.8, 4) is 0 Å². The van der Waals surface area contributed by atoms with E-state index in [0.29, 0.717) is 32.4 Å². The fourth-order valence-electron chi connectivity index (χ4n) is 2.86. The van der Waals surface area contributed by atoms with Gasteiger partial charge in [0.2, 0.25) is 5.91 Å². The lowest BCUT2D eigenvalue weighted by Crippen LogP contribution is -2.41. The van der Waals surface area contributed by atoms with Crippen LogP contribution in [0.15, 0.2) is 30.3 Å². The highest BCUT2D eigenvalue weighted by Gasteiger charge is 2.32. The molecule has 2 rings (SSSR count). The van der Waals surface area contributed by atoms with Crippen LogP contribution in [0.1, 0.15) is 18.4 Å². The molecule has 0 unspecified atom stereocenters. The SMILES string of the molecule is COP(=O)(CC(=O)C1CCN(C(=O)Cc2ccccc2)CC1)OC. The first kappa shape index (κ1) is 18.8. The van der Waals surface area contributed by atoms with Crippen LogP contribution in [0.3, 0.4) is 0 Å². The third-order valence-electron chi connectivity index (χ3n) is 4.41. The largest absolute Gasteiger partial charge is 0.342 e. The Morgan fingerprint density at radius 1 is 1.12 bits per heavy atom. The molecule has 1 heterocycles. The Balaban J connectivity index is 1.83. The molecule has 1 aliphatic heterocycles. The van der Waals surface area contributed by atoms with Gasteiger partial charge >= 0.3 is 7.60 Å². The summed E-state index contributed by atoms with van der Waals surface area (Å²) in [6.07, 6.45) is 1.35. The number of likely N-dealkylation sites (tertiary alicyclic amines) is 1. The summed E-state index contributed by atoms with van der Waals surface area (Å²) in [6, 6.07) is 9.61. The van der Waals surface area contributed by atoms with Crippen LogP contribution in [-0.4, -0.2) is 50.1 Å². The van der Waals surface area contributed by atoms with Crippen molar-refractivity contribution in [2.24, 2.45) is 5.92 Å². The average Bonchev–Trinajstić information content (AvgIpc) is 2.62. The Hall–Kier alpha value is -1.49. The smallest absolute Gasteiger partial charge is 0.337 e. The zero-order valence-corrected chi connectivity index (χ0v) is 15.0. The van der Waals surface area contributed by atoms with Crippen molar-refractivity contribution in [1.29, 1.82) is 0 Å². The molecule has 1 fully saturated rings. The Morgan fingerprint density at radius 3 is 2.25 bits per heavy atom. The van der Waals surface area contributed by atoms with Gasteiger partial charge in [0, 0.05) is 33.2 Å². The van der Waals surface area contributed by atoms with Crippen LogP contribution >= 0.6 is 7.60 Å². The number of ketones is 1. The molecule has 1 amide bonds. The summed E-state index contributed by atoms with van der Waals surface area (Å²) in [7, 11) is -0.754. The van der Waals surface area contributed by atoms with Gasteiger partial charge in [-0.15, -0.1) is 0 Å². The van der Waals surface area contributed by atoms with Gasteiger partial charge in [0.25, 0.3) is 0 Å². The van der Waals surface area contributed by atoms with E-state index in [4.69, 9.17) is 9.05 Å². The molecular weight excluding hydrogens is 329 g/mol. The van der Waals surface area contributed by atoms with Crippen molar-refractivity contribution >= 4 is 19.3 Å². The number of nitrogens with zero attached hydrogens (tertiary/aromatic N) is 1. The minimum absolute atomic E-state index is 0.0755. The van der Waals surface area contributed by atoms with Crippen molar-refractivity contribution < 1.29 is 23.2 Å². The molecular formula is C17H24NO5P. The third kappa shape index (κ3) is 5.00. The monoisotopic (exact) mass is 353 g/mol. The molecule has 0 atom stereocenters. The van der Waals surface area contributed by atoms with Crippen molar-refractivity contribution in [3.63, 3.8) is 0 Å². The molecule has 0 bridgehead atoms. The Labute approximate surface area is 142 Å². The molecule has 1 aromatic carbocycles. The lowest BCUT2D eigenvalue weighted by Gasteiger charge is -2.31. The maximum atomic E-state index is 12.3. The highest BCUT2D eigenvalue weighted by Crippen LogP contribution is 2.47. The molecule has 0 radical (unpaired) electrons. The number of carbonyl (C=O) groups is 2. The predicted molar refractivity (Wildman–Crippen MR) is 90.9 cm³/mol. The zero-order valence-electron chi connectivity index (χ0n) is 14.1. The second kappa shape index (κ2) is 8.56. The number of amides is 1. The third-order valence-corrected chi connectivity index (χ3v) is 6.22. The molecule has 7 heteroatoms. The Kier molecular flexibility index (Phi) is 6.72. The second-order valence-electron chi connectivity index (χ2n) is 5.92. The van der Waals surface area contributed by atoms with Crippen LogP contribution in [0.5, 0.6) is 0 Å². The van der Waals surface area contributed by atoms with Gasteiger partial charge < -0.3 is 13.9 Å². The van der Waals surface area contributed by atoms with E-state index in [9.17, 15) is 14.2 Å².